The van der Waals surface area contributed by atoms with Crippen LogP contribution in [0.1, 0.15) is 31.4 Å². The van der Waals surface area contributed by atoms with Crippen molar-refractivity contribution >= 4 is 23.2 Å². The van der Waals surface area contributed by atoms with Gasteiger partial charge in [0.2, 0.25) is 5.91 Å². The number of hydrogen-bond donors (Lipinski definition) is 1. The number of nitrogens with one attached hydrogen (secondary N) is 1. The third-order valence-corrected chi connectivity index (χ3v) is 5.03. The number of hydrogen-bond acceptors (Lipinski definition) is 5. The van der Waals surface area contributed by atoms with Gasteiger partial charge in [-0.15, -0.1) is 0 Å². The zero-order chi connectivity index (χ0) is 22.3. The first-order valence-electron chi connectivity index (χ1n) is 9.75. The van der Waals surface area contributed by atoms with E-state index < -0.39 is 4.92 Å². The monoisotopic (exact) mass is 413 g/mol. The number of amides is 2. The molecule has 0 aliphatic carbocycles. The van der Waals surface area contributed by atoms with E-state index in [1.54, 1.807) is 6.07 Å². The molecule has 160 valence electrons. The van der Waals surface area contributed by atoms with Gasteiger partial charge in [-0.05, 0) is 50.5 Å². The number of benzene rings is 2. The van der Waals surface area contributed by atoms with E-state index in [0.29, 0.717) is 12.1 Å². The summed E-state index contributed by atoms with van der Waals surface area (Å²) in [7, 11) is 0. The lowest BCUT2D eigenvalue weighted by atomic mass is 10.1. The first-order valence-corrected chi connectivity index (χ1v) is 9.75. The molecule has 0 aliphatic rings. The minimum absolute atomic E-state index is 0.112. The molecule has 0 aliphatic heterocycles. The molecule has 0 fully saturated rings. The van der Waals surface area contributed by atoms with Gasteiger partial charge in [0.15, 0.2) is 6.61 Å². The lowest BCUT2D eigenvalue weighted by Gasteiger charge is -2.28. The maximum absolute atomic E-state index is 12.7. The van der Waals surface area contributed by atoms with Crippen molar-refractivity contribution in [3.05, 3.63) is 63.7 Å². The average Bonchev–Trinajstić information content (AvgIpc) is 2.73. The number of nitro groups is 1. The highest BCUT2D eigenvalue weighted by Crippen LogP contribution is 2.20. The lowest BCUT2D eigenvalue weighted by Crippen LogP contribution is -2.45. The van der Waals surface area contributed by atoms with Crippen molar-refractivity contribution in [2.45, 2.75) is 40.2 Å². The molecule has 1 unspecified atom stereocenters. The molecule has 8 nitrogen and oxygen atoms in total. The summed E-state index contributed by atoms with van der Waals surface area (Å²) in [5.41, 5.74) is 2.63. The van der Waals surface area contributed by atoms with Crippen molar-refractivity contribution < 1.29 is 19.2 Å². The second kappa shape index (κ2) is 10.4. The summed E-state index contributed by atoms with van der Waals surface area (Å²) in [6.07, 6.45) is 0.666. The molecule has 2 amide bonds. The molecular formula is C22H27N3O5. The SMILES string of the molecule is CCC(C)N(CC(=O)Nc1cccc(C)c1C)C(=O)COc1cccc([N+](=O)[O-])c1. The first kappa shape index (κ1) is 22.9. The van der Waals surface area contributed by atoms with Gasteiger partial charge in [0.05, 0.1) is 11.0 Å². The summed E-state index contributed by atoms with van der Waals surface area (Å²) in [5.74, 6) is -0.443. The molecule has 0 aromatic heterocycles. The fraction of sp³-hybridized carbons (Fsp3) is 0.364. The number of aryl methyl sites for hydroxylation is 1. The number of carbonyl (C=O) groups is 2. The molecule has 0 radical (unpaired) electrons. The van der Waals surface area contributed by atoms with Crippen molar-refractivity contribution in [1.82, 2.24) is 4.90 Å². The smallest absolute Gasteiger partial charge is 0.273 e. The Kier molecular flexibility index (Phi) is 7.91. The number of nitrogens with zero attached hydrogens (tertiary/aromatic N) is 2. The van der Waals surface area contributed by atoms with Gasteiger partial charge >= 0.3 is 0 Å². The number of nitro benzene ring substituents is 1. The predicted molar refractivity (Wildman–Crippen MR) is 115 cm³/mol. The Morgan fingerprint density at radius 2 is 1.90 bits per heavy atom. The largest absolute Gasteiger partial charge is 0.484 e. The third-order valence-electron chi connectivity index (χ3n) is 5.03. The highest BCUT2D eigenvalue weighted by atomic mass is 16.6. The lowest BCUT2D eigenvalue weighted by molar-refractivity contribution is -0.384. The minimum atomic E-state index is -0.530. The van der Waals surface area contributed by atoms with E-state index in [2.05, 4.69) is 5.32 Å². The Hall–Kier alpha value is -3.42. The van der Waals surface area contributed by atoms with Crippen LogP contribution in [0, 0.1) is 24.0 Å². The fourth-order valence-electron chi connectivity index (χ4n) is 2.86. The quantitative estimate of drug-likeness (QED) is 0.497. The average molecular weight is 413 g/mol. The van der Waals surface area contributed by atoms with E-state index in [4.69, 9.17) is 4.74 Å². The zero-order valence-corrected chi connectivity index (χ0v) is 17.7. The Labute approximate surface area is 176 Å². The molecule has 1 N–H and O–H groups in total. The molecule has 1 atom stereocenters. The normalized spacial score (nSPS) is 11.5. The highest BCUT2D eigenvalue weighted by molar-refractivity contribution is 5.95. The number of anilines is 1. The van der Waals surface area contributed by atoms with E-state index in [9.17, 15) is 19.7 Å². The van der Waals surface area contributed by atoms with Crippen LogP contribution in [0.25, 0.3) is 0 Å². The molecule has 0 bridgehead atoms. The Balaban J connectivity index is 2.04. The van der Waals surface area contributed by atoms with Crippen molar-refractivity contribution in [1.29, 1.82) is 0 Å². The molecule has 2 aromatic rings. The summed E-state index contributed by atoms with van der Waals surface area (Å²) in [6.45, 7) is 7.24. The Morgan fingerprint density at radius 1 is 1.20 bits per heavy atom. The van der Waals surface area contributed by atoms with Crippen LogP contribution < -0.4 is 10.1 Å². The van der Waals surface area contributed by atoms with Gasteiger partial charge in [0.1, 0.15) is 12.3 Å². The first-order chi connectivity index (χ1) is 14.2. The van der Waals surface area contributed by atoms with Crippen molar-refractivity contribution in [2.24, 2.45) is 0 Å². The summed E-state index contributed by atoms with van der Waals surface area (Å²) >= 11 is 0. The maximum Gasteiger partial charge on any atom is 0.273 e. The van der Waals surface area contributed by atoms with Gasteiger partial charge in [0.25, 0.3) is 11.6 Å². The summed E-state index contributed by atoms with van der Waals surface area (Å²) in [6, 6.07) is 11.1. The van der Waals surface area contributed by atoms with E-state index in [1.165, 1.54) is 23.1 Å². The van der Waals surface area contributed by atoms with E-state index in [1.807, 2.05) is 45.9 Å². The number of ether oxygens (including phenoxy) is 1. The van der Waals surface area contributed by atoms with Crippen LogP contribution >= 0.6 is 0 Å². The van der Waals surface area contributed by atoms with Gasteiger partial charge in [-0.25, -0.2) is 0 Å². The molecule has 2 rings (SSSR count). The number of rotatable bonds is 9. The molecule has 30 heavy (non-hydrogen) atoms. The van der Waals surface area contributed by atoms with Crippen molar-refractivity contribution in [2.75, 3.05) is 18.5 Å². The molecule has 2 aromatic carbocycles. The molecule has 0 saturated heterocycles. The third kappa shape index (κ3) is 6.04. The predicted octanol–water partition coefficient (Wildman–Crippen LogP) is 3.86. The second-order valence-electron chi connectivity index (χ2n) is 7.12. The summed E-state index contributed by atoms with van der Waals surface area (Å²) in [5, 5.41) is 13.7. The van der Waals surface area contributed by atoms with Crippen LogP contribution in [0.4, 0.5) is 11.4 Å². The highest BCUT2D eigenvalue weighted by Gasteiger charge is 2.23. The van der Waals surface area contributed by atoms with Gasteiger partial charge in [0, 0.05) is 17.8 Å². The molecule has 0 heterocycles. The van der Waals surface area contributed by atoms with Crippen LogP contribution in [0.5, 0.6) is 5.75 Å². The van der Waals surface area contributed by atoms with Gasteiger partial charge in [-0.1, -0.05) is 25.1 Å². The van der Waals surface area contributed by atoms with Crippen LogP contribution in [0.15, 0.2) is 42.5 Å². The zero-order valence-electron chi connectivity index (χ0n) is 17.7. The van der Waals surface area contributed by atoms with Crippen molar-refractivity contribution in [3.8, 4) is 5.75 Å². The number of non-ortho nitro benzene ring substituents is 1. The van der Waals surface area contributed by atoms with Gasteiger partial charge in [-0.3, -0.25) is 19.7 Å². The van der Waals surface area contributed by atoms with E-state index >= 15 is 0 Å². The molecule has 8 heteroatoms. The van der Waals surface area contributed by atoms with E-state index in [0.717, 1.165) is 11.1 Å². The standard InChI is InChI=1S/C22H27N3O5/c1-5-16(3)24(13-21(26)23-20-11-6-8-15(2)17(20)4)22(27)14-30-19-10-7-9-18(12-19)25(28)29/h6-12,16H,5,13-14H2,1-4H3,(H,23,26). The Morgan fingerprint density at radius 3 is 2.57 bits per heavy atom. The molecule has 0 saturated carbocycles. The van der Waals surface area contributed by atoms with Gasteiger partial charge in [-0.2, -0.15) is 0 Å². The topological polar surface area (TPSA) is 102 Å². The molecule has 0 spiro atoms. The van der Waals surface area contributed by atoms with Crippen LogP contribution in [0.3, 0.4) is 0 Å². The number of carbonyl (C=O) groups excluding carboxylic acids is 2. The maximum atomic E-state index is 12.7. The van der Waals surface area contributed by atoms with Crippen molar-refractivity contribution in [3.63, 3.8) is 0 Å². The van der Waals surface area contributed by atoms with Crippen LogP contribution in [-0.2, 0) is 9.59 Å². The molecular weight excluding hydrogens is 386 g/mol. The van der Waals surface area contributed by atoms with Crippen LogP contribution in [0.2, 0.25) is 0 Å². The second-order valence-corrected chi connectivity index (χ2v) is 7.12. The summed E-state index contributed by atoms with van der Waals surface area (Å²) in [4.78, 5) is 37.1. The minimum Gasteiger partial charge on any atom is -0.484 e. The Bertz CT molecular complexity index is 929. The van der Waals surface area contributed by atoms with Gasteiger partial charge < -0.3 is 15.0 Å². The van der Waals surface area contributed by atoms with Crippen LogP contribution in [-0.4, -0.2) is 40.8 Å². The van der Waals surface area contributed by atoms with E-state index in [-0.39, 0.29) is 42.4 Å². The summed E-state index contributed by atoms with van der Waals surface area (Å²) < 4.78 is 5.44. The fourth-order valence-corrected chi connectivity index (χ4v) is 2.86.